The number of fused-ring (bicyclic) bond motifs is 1. The SMILES string of the molecule is Cn1c(SCC(=O)NCC2(N3CCOCC3)CCCCC2)nc2sccc2c1=O. The van der Waals surface area contributed by atoms with Crippen molar-refractivity contribution in [2.24, 2.45) is 7.05 Å². The van der Waals surface area contributed by atoms with Gasteiger partial charge in [-0.25, -0.2) is 4.98 Å². The van der Waals surface area contributed by atoms with Crippen LogP contribution in [0.1, 0.15) is 32.1 Å². The van der Waals surface area contributed by atoms with Crippen LogP contribution in [0.25, 0.3) is 10.2 Å². The van der Waals surface area contributed by atoms with Crippen LogP contribution in [0, 0.1) is 0 Å². The van der Waals surface area contributed by atoms with Gasteiger partial charge in [-0.05, 0) is 24.3 Å². The van der Waals surface area contributed by atoms with Crippen LogP contribution in [0.3, 0.4) is 0 Å². The number of nitrogens with zero attached hydrogens (tertiary/aromatic N) is 3. The number of thiophene rings is 1. The molecule has 29 heavy (non-hydrogen) atoms. The molecule has 2 aromatic heterocycles. The fourth-order valence-electron chi connectivity index (χ4n) is 4.41. The van der Waals surface area contributed by atoms with Crippen molar-refractivity contribution in [2.75, 3.05) is 38.6 Å². The molecule has 3 heterocycles. The Morgan fingerprint density at radius 1 is 1.31 bits per heavy atom. The van der Waals surface area contributed by atoms with E-state index >= 15 is 0 Å². The lowest BCUT2D eigenvalue weighted by Crippen LogP contribution is -2.59. The second kappa shape index (κ2) is 9.16. The topological polar surface area (TPSA) is 76.5 Å². The molecule has 0 spiro atoms. The molecule has 9 heteroatoms. The Balaban J connectivity index is 1.37. The second-order valence-electron chi connectivity index (χ2n) is 7.85. The van der Waals surface area contributed by atoms with Gasteiger partial charge in [0.15, 0.2) is 5.16 Å². The molecule has 1 amide bonds. The van der Waals surface area contributed by atoms with Crippen molar-refractivity contribution in [1.29, 1.82) is 0 Å². The van der Waals surface area contributed by atoms with Crippen LogP contribution in [0.4, 0.5) is 0 Å². The molecule has 4 rings (SSSR count). The van der Waals surface area contributed by atoms with Crippen LogP contribution in [0.15, 0.2) is 21.4 Å². The van der Waals surface area contributed by atoms with Crippen molar-refractivity contribution in [2.45, 2.75) is 42.8 Å². The predicted molar refractivity (Wildman–Crippen MR) is 117 cm³/mol. The molecular formula is C20H28N4O3S2. The molecule has 1 aliphatic carbocycles. The highest BCUT2D eigenvalue weighted by Crippen LogP contribution is 2.34. The van der Waals surface area contributed by atoms with Crippen molar-refractivity contribution < 1.29 is 9.53 Å². The molecule has 1 saturated heterocycles. The fourth-order valence-corrected chi connectivity index (χ4v) is 6.01. The summed E-state index contributed by atoms with van der Waals surface area (Å²) in [6.07, 6.45) is 5.97. The van der Waals surface area contributed by atoms with Gasteiger partial charge in [-0.2, -0.15) is 0 Å². The molecule has 1 N–H and O–H groups in total. The summed E-state index contributed by atoms with van der Waals surface area (Å²) in [5.74, 6) is 0.254. The largest absolute Gasteiger partial charge is 0.379 e. The summed E-state index contributed by atoms with van der Waals surface area (Å²) in [5, 5.41) is 6.26. The van der Waals surface area contributed by atoms with E-state index in [1.165, 1.54) is 46.9 Å². The Hall–Kier alpha value is -1.42. The Morgan fingerprint density at radius 3 is 2.83 bits per heavy atom. The third kappa shape index (κ3) is 4.52. The highest BCUT2D eigenvalue weighted by Gasteiger charge is 2.38. The standard InChI is InChI=1S/C20H28N4O3S2/c1-23-18(26)15-5-12-28-17(15)22-19(23)29-13-16(25)21-14-20(6-3-2-4-7-20)24-8-10-27-11-9-24/h5,12H,2-4,6-11,13-14H2,1H3,(H,21,25). The van der Waals surface area contributed by atoms with Crippen molar-refractivity contribution >= 4 is 39.2 Å². The molecule has 7 nitrogen and oxygen atoms in total. The maximum Gasteiger partial charge on any atom is 0.262 e. The number of ether oxygens (including phenoxy) is 1. The summed E-state index contributed by atoms with van der Waals surface area (Å²) in [5.41, 5.74) is -0.00351. The molecule has 0 radical (unpaired) electrons. The van der Waals surface area contributed by atoms with Crippen LogP contribution >= 0.6 is 23.1 Å². The minimum absolute atomic E-state index is 0.00580. The van der Waals surface area contributed by atoms with Gasteiger partial charge in [0.2, 0.25) is 5.91 Å². The number of hydrogen-bond donors (Lipinski definition) is 1. The first-order valence-electron chi connectivity index (χ1n) is 10.3. The van der Waals surface area contributed by atoms with E-state index in [9.17, 15) is 9.59 Å². The predicted octanol–water partition coefficient (Wildman–Crippen LogP) is 2.24. The molecule has 1 aliphatic heterocycles. The molecule has 2 aromatic rings. The van der Waals surface area contributed by atoms with E-state index in [1.807, 2.05) is 5.38 Å². The average molecular weight is 437 g/mol. The van der Waals surface area contributed by atoms with Crippen LogP contribution in [0.2, 0.25) is 0 Å². The smallest absolute Gasteiger partial charge is 0.262 e. The minimum atomic E-state index is -0.0624. The van der Waals surface area contributed by atoms with Crippen molar-refractivity contribution in [3.63, 3.8) is 0 Å². The number of thioether (sulfide) groups is 1. The van der Waals surface area contributed by atoms with Gasteiger partial charge in [-0.1, -0.05) is 31.0 Å². The average Bonchev–Trinajstić information content (AvgIpc) is 3.24. The van der Waals surface area contributed by atoms with Crippen molar-refractivity contribution in [1.82, 2.24) is 19.8 Å². The zero-order valence-corrected chi connectivity index (χ0v) is 18.4. The van der Waals surface area contributed by atoms with Gasteiger partial charge in [0.25, 0.3) is 5.56 Å². The second-order valence-corrected chi connectivity index (χ2v) is 9.68. The molecule has 0 unspecified atom stereocenters. The molecule has 2 aliphatic rings. The van der Waals surface area contributed by atoms with Crippen LogP contribution in [0.5, 0.6) is 0 Å². The minimum Gasteiger partial charge on any atom is -0.379 e. The van der Waals surface area contributed by atoms with E-state index < -0.39 is 0 Å². The molecular weight excluding hydrogens is 408 g/mol. The Kier molecular flexibility index (Phi) is 6.58. The number of rotatable bonds is 6. The Bertz CT molecular complexity index is 914. The normalized spacial score (nSPS) is 20.0. The Labute approximate surface area is 178 Å². The summed E-state index contributed by atoms with van der Waals surface area (Å²) >= 11 is 2.77. The lowest BCUT2D eigenvalue weighted by atomic mass is 9.79. The van der Waals surface area contributed by atoms with E-state index in [0.717, 1.165) is 44.0 Å². The van der Waals surface area contributed by atoms with Gasteiger partial charge in [0.05, 0.1) is 24.4 Å². The van der Waals surface area contributed by atoms with E-state index in [1.54, 1.807) is 13.1 Å². The number of carbonyl (C=O) groups excluding carboxylic acids is 1. The molecule has 2 fully saturated rings. The van der Waals surface area contributed by atoms with Crippen LogP contribution in [-0.4, -0.2) is 64.5 Å². The van der Waals surface area contributed by atoms with Gasteiger partial charge >= 0.3 is 0 Å². The molecule has 0 bridgehead atoms. The van der Waals surface area contributed by atoms with E-state index in [4.69, 9.17) is 4.74 Å². The lowest BCUT2D eigenvalue weighted by molar-refractivity contribution is -0.119. The summed E-state index contributed by atoms with van der Waals surface area (Å²) in [7, 11) is 1.71. The number of nitrogens with one attached hydrogen (secondary N) is 1. The monoisotopic (exact) mass is 436 g/mol. The number of carbonyl (C=O) groups is 1. The zero-order chi connectivity index (χ0) is 20.3. The summed E-state index contributed by atoms with van der Waals surface area (Å²) in [6, 6.07) is 1.80. The van der Waals surface area contributed by atoms with Crippen LogP contribution < -0.4 is 10.9 Å². The van der Waals surface area contributed by atoms with E-state index in [-0.39, 0.29) is 22.8 Å². The first-order chi connectivity index (χ1) is 14.1. The maximum absolute atomic E-state index is 12.6. The lowest BCUT2D eigenvalue weighted by Gasteiger charge is -2.48. The summed E-state index contributed by atoms with van der Waals surface area (Å²) in [4.78, 5) is 32.8. The first-order valence-corrected chi connectivity index (χ1v) is 12.1. The Morgan fingerprint density at radius 2 is 2.07 bits per heavy atom. The van der Waals surface area contributed by atoms with Gasteiger partial charge in [0, 0.05) is 32.2 Å². The van der Waals surface area contributed by atoms with Crippen molar-refractivity contribution in [3.05, 3.63) is 21.8 Å². The highest BCUT2D eigenvalue weighted by molar-refractivity contribution is 7.99. The van der Waals surface area contributed by atoms with Gasteiger partial charge in [-0.3, -0.25) is 19.1 Å². The molecule has 1 saturated carbocycles. The van der Waals surface area contributed by atoms with Gasteiger partial charge < -0.3 is 10.1 Å². The molecule has 158 valence electrons. The van der Waals surface area contributed by atoms with Crippen LogP contribution in [-0.2, 0) is 16.6 Å². The van der Waals surface area contributed by atoms with E-state index in [0.29, 0.717) is 17.1 Å². The van der Waals surface area contributed by atoms with Gasteiger partial charge in [-0.15, -0.1) is 11.3 Å². The molecule has 0 aromatic carbocycles. The quantitative estimate of drug-likeness (QED) is 0.553. The third-order valence-corrected chi connectivity index (χ3v) is 7.91. The van der Waals surface area contributed by atoms with E-state index in [2.05, 4.69) is 15.2 Å². The molecule has 0 atom stereocenters. The van der Waals surface area contributed by atoms with Gasteiger partial charge in [0.1, 0.15) is 4.83 Å². The first kappa shape index (κ1) is 20.8. The third-order valence-electron chi connectivity index (χ3n) is 6.08. The van der Waals surface area contributed by atoms with Crippen molar-refractivity contribution in [3.8, 4) is 0 Å². The summed E-state index contributed by atoms with van der Waals surface area (Å²) in [6.45, 7) is 4.12. The fraction of sp³-hybridized carbons (Fsp3) is 0.650. The number of hydrogen-bond acceptors (Lipinski definition) is 7. The number of amides is 1. The zero-order valence-electron chi connectivity index (χ0n) is 16.8. The highest BCUT2D eigenvalue weighted by atomic mass is 32.2. The maximum atomic E-state index is 12.6. The number of morpholine rings is 1. The number of aromatic nitrogens is 2. The summed E-state index contributed by atoms with van der Waals surface area (Å²) < 4.78 is 7.06.